The molecular formula is C17H19NO5S. The van der Waals surface area contributed by atoms with E-state index < -0.39 is 16.0 Å². The maximum atomic E-state index is 12.5. The maximum absolute atomic E-state index is 12.5. The van der Waals surface area contributed by atoms with E-state index in [0.717, 1.165) is 12.0 Å². The molecule has 0 saturated carbocycles. The van der Waals surface area contributed by atoms with Gasteiger partial charge in [0.1, 0.15) is 5.75 Å². The molecule has 7 heteroatoms. The lowest BCUT2D eigenvalue weighted by Crippen LogP contribution is -2.14. The predicted octanol–water partition coefficient (Wildman–Crippen LogP) is 2.85. The van der Waals surface area contributed by atoms with Gasteiger partial charge in [0.2, 0.25) is 0 Å². The molecule has 2 rings (SSSR count). The number of aryl methyl sites for hydroxylation is 1. The molecule has 0 saturated heterocycles. The van der Waals surface area contributed by atoms with Crippen LogP contribution in [-0.2, 0) is 21.2 Å². The molecule has 0 spiro atoms. The molecule has 0 aromatic heterocycles. The van der Waals surface area contributed by atoms with Gasteiger partial charge in [-0.05, 0) is 42.3 Å². The normalized spacial score (nSPS) is 11.0. The molecule has 1 N–H and O–H groups in total. The molecule has 0 aliphatic heterocycles. The molecule has 2 aromatic rings. The molecule has 0 aliphatic rings. The standard InChI is InChI=1S/C17H19NO5S/c1-4-12-5-8-14(9-6-12)24(20,21)18-15-11-13(17(19)23-3)7-10-16(15)22-2/h5-11,18H,4H2,1-3H3. The lowest BCUT2D eigenvalue weighted by atomic mass is 10.2. The molecule has 0 heterocycles. The minimum absolute atomic E-state index is 0.130. The Hall–Kier alpha value is -2.54. The third-order valence-corrected chi connectivity index (χ3v) is 4.89. The van der Waals surface area contributed by atoms with E-state index in [1.165, 1.54) is 44.6 Å². The highest BCUT2D eigenvalue weighted by Gasteiger charge is 2.18. The smallest absolute Gasteiger partial charge is 0.337 e. The third kappa shape index (κ3) is 3.86. The first-order valence-electron chi connectivity index (χ1n) is 7.29. The van der Waals surface area contributed by atoms with Crippen molar-refractivity contribution in [2.75, 3.05) is 18.9 Å². The van der Waals surface area contributed by atoms with Gasteiger partial charge in [0, 0.05) is 0 Å². The summed E-state index contributed by atoms with van der Waals surface area (Å²) in [5, 5.41) is 0. The second-order valence-electron chi connectivity index (χ2n) is 5.01. The van der Waals surface area contributed by atoms with E-state index in [1.54, 1.807) is 12.1 Å². The molecule has 128 valence electrons. The average molecular weight is 349 g/mol. The molecule has 0 aliphatic carbocycles. The summed E-state index contributed by atoms with van der Waals surface area (Å²) in [5.74, 6) is -0.262. The Morgan fingerprint density at radius 1 is 1.08 bits per heavy atom. The zero-order valence-corrected chi connectivity index (χ0v) is 14.5. The minimum Gasteiger partial charge on any atom is -0.495 e. The predicted molar refractivity (Wildman–Crippen MR) is 91.0 cm³/mol. The van der Waals surface area contributed by atoms with Gasteiger partial charge in [0.15, 0.2) is 0 Å². The lowest BCUT2D eigenvalue weighted by molar-refractivity contribution is 0.0600. The van der Waals surface area contributed by atoms with E-state index in [2.05, 4.69) is 9.46 Å². The third-order valence-electron chi connectivity index (χ3n) is 3.51. The number of rotatable bonds is 6. The Bertz CT molecular complexity index is 829. The van der Waals surface area contributed by atoms with Crippen LogP contribution in [0.2, 0.25) is 0 Å². The van der Waals surface area contributed by atoms with Crippen molar-refractivity contribution in [3.63, 3.8) is 0 Å². The number of anilines is 1. The second-order valence-corrected chi connectivity index (χ2v) is 6.69. The molecule has 2 aromatic carbocycles. The fourth-order valence-corrected chi connectivity index (χ4v) is 3.20. The van der Waals surface area contributed by atoms with Crippen LogP contribution in [0.25, 0.3) is 0 Å². The average Bonchev–Trinajstić information content (AvgIpc) is 2.60. The van der Waals surface area contributed by atoms with Crippen molar-refractivity contribution in [1.82, 2.24) is 0 Å². The van der Waals surface area contributed by atoms with Crippen LogP contribution in [0.3, 0.4) is 0 Å². The molecule has 6 nitrogen and oxygen atoms in total. The van der Waals surface area contributed by atoms with Crippen molar-refractivity contribution >= 4 is 21.7 Å². The van der Waals surface area contributed by atoms with Crippen LogP contribution in [0.15, 0.2) is 47.4 Å². The van der Waals surface area contributed by atoms with Gasteiger partial charge >= 0.3 is 5.97 Å². The van der Waals surface area contributed by atoms with Crippen LogP contribution in [-0.4, -0.2) is 28.6 Å². The monoisotopic (exact) mass is 349 g/mol. The topological polar surface area (TPSA) is 81.7 Å². The van der Waals surface area contributed by atoms with Crippen LogP contribution in [0, 0.1) is 0 Å². The Morgan fingerprint density at radius 2 is 1.75 bits per heavy atom. The number of nitrogens with one attached hydrogen (secondary N) is 1. The molecule has 0 amide bonds. The molecule has 0 radical (unpaired) electrons. The van der Waals surface area contributed by atoms with E-state index in [1.807, 2.05) is 6.92 Å². The molecule has 0 atom stereocenters. The van der Waals surface area contributed by atoms with Gasteiger partial charge in [0.25, 0.3) is 10.0 Å². The molecule has 0 fully saturated rings. The van der Waals surface area contributed by atoms with Gasteiger partial charge in [-0.15, -0.1) is 0 Å². The number of carbonyl (C=O) groups is 1. The molecule has 24 heavy (non-hydrogen) atoms. The summed E-state index contributed by atoms with van der Waals surface area (Å²) in [6.45, 7) is 1.99. The summed E-state index contributed by atoms with van der Waals surface area (Å²) in [6, 6.07) is 11.0. The van der Waals surface area contributed by atoms with Crippen molar-refractivity contribution in [3.05, 3.63) is 53.6 Å². The zero-order valence-electron chi connectivity index (χ0n) is 13.7. The highest BCUT2D eigenvalue weighted by atomic mass is 32.2. The number of esters is 1. The highest BCUT2D eigenvalue weighted by molar-refractivity contribution is 7.92. The summed E-state index contributed by atoms with van der Waals surface area (Å²) in [5.41, 5.74) is 1.43. The first-order valence-corrected chi connectivity index (χ1v) is 8.77. The summed E-state index contributed by atoms with van der Waals surface area (Å²) in [7, 11) is -1.13. The highest BCUT2D eigenvalue weighted by Crippen LogP contribution is 2.28. The van der Waals surface area contributed by atoms with E-state index in [4.69, 9.17) is 4.74 Å². The van der Waals surface area contributed by atoms with Gasteiger partial charge < -0.3 is 9.47 Å². The Labute approximate surface area is 141 Å². The van der Waals surface area contributed by atoms with E-state index in [0.29, 0.717) is 5.75 Å². The summed E-state index contributed by atoms with van der Waals surface area (Å²) in [4.78, 5) is 11.8. The first kappa shape index (κ1) is 17.8. The quantitative estimate of drug-likeness (QED) is 0.811. The number of sulfonamides is 1. The first-order chi connectivity index (χ1) is 11.4. The fourth-order valence-electron chi connectivity index (χ4n) is 2.14. The SMILES string of the molecule is CCc1ccc(S(=O)(=O)Nc2cc(C(=O)OC)ccc2OC)cc1. The van der Waals surface area contributed by atoms with Crippen LogP contribution >= 0.6 is 0 Å². The van der Waals surface area contributed by atoms with Crippen LogP contribution in [0.5, 0.6) is 5.75 Å². The Morgan fingerprint density at radius 3 is 2.29 bits per heavy atom. The van der Waals surface area contributed by atoms with Crippen molar-refractivity contribution in [1.29, 1.82) is 0 Å². The van der Waals surface area contributed by atoms with E-state index >= 15 is 0 Å². The van der Waals surface area contributed by atoms with Gasteiger partial charge in [0.05, 0.1) is 30.4 Å². The minimum atomic E-state index is -3.80. The molecule has 0 unspecified atom stereocenters. The largest absolute Gasteiger partial charge is 0.495 e. The zero-order chi connectivity index (χ0) is 17.7. The van der Waals surface area contributed by atoms with E-state index in [9.17, 15) is 13.2 Å². The van der Waals surface area contributed by atoms with Crippen LogP contribution < -0.4 is 9.46 Å². The van der Waals surface area contributed by atoms with Crippen molar-refractivity contribution in [3.8, 4) is 5.75 Å². The Balaban J connectivity index is 2.38. The van der Waals surface area contributed by atoms with Gasteiger partial charge in [-0.2, -0.15) is 0 Å². The van der Waals surface area contributed by atoms with Crippen molar-refractivity contribution in [2.45, 2.75) is 18.2 Å². The Kier molecular flexibility index (Phi) is 5.46. The number of benzene rings is 2. The summed E-state index contributed by atoms with van der Waals surface area (Å²) < 4.78 is 37.3. The van der Waals surface area contributed by atoms with E-state index in [-0.39, 0.29) is 16.1 Å². The van der Waals surface area contributed by atoms with Crippen LogP contribution in [0.4, 0.5) is 5.69 Å². The van der Waals surface area contributed by atoms with Gasteiger partial charge in [-0.25, -0.2) is 13.2 Å². The second kappa shape index (κ2) is 7.35. The summed E-state index contributed by atoms with van der Waals surface area (Å²) in [6.07, 6.45) is 0.822. The summed E-state index contributed by atoms with van der Waals surface area (Å²) >= 11 is 0. The number of carbonyl (C=O) groups excluding carboxylic acids is 1. The molecule has 0 bridgehead atoms. The number of methoxy groups -OCH3 is 2. The number of hydrogen-bond donors (Lipinski definition) is 1. The van der Waals surface area contributed by atoms with Crippen molar-refractivity contribution < 1.29 is 22.7 Å². The van der Waals surface area contributed by atoms with Crippen LogP contribution in [0.1, 0.15) is 22.8 Å². The number of ether oxygens (including phenoxy) is 2. The van der Waals surface area contributed by atoms with Gasteiger partial charge in [-0.1, -0.05) is 19.1 Å². The van der Waals surface area contributed by atoms with Crippen molar-refractivity contribution in [2.24, 2.45) is 0 Å². The van der Waals surface area contributed by atoms with Gasteiger partial charge in [-0.3, -0.25) is 4.72 Å². The maximum Gasteiger partial charge on any atom is 0.337 e. The number of hydrogen-bond acceptors (Lipinski definition) is 5. The lowest BCUT2D eigenvalue weighted by Gasteiger charge is -2.13. The fraction of sp³-hybridized carbons (Fsp3) is 0.235. The molecular weight excluding hydrogens is 330 g/mol.